The summed E-state index contributed by atoms with van der Waals surface area (Å²) in [5, 5.41) is 0. The minimum absolute atomic E-state index is 1.24. The van der Waals surface area contributed by atoms with Crippen LogP contribution in [0.15, 0.2) is 81.2 Å². The van der Waals surface area contributed by atoms with Gasteiger partial charge in [-0.3, -0.25) is 0 Å². The van der Waals surface area contributed by atoms with Gasteiger partial charge in [0.1, 0.15) is 0 Å². The molecular formula is C40H36S9. The molecule has 0 saturated heterocycles. The van der Waals surface area contributed by atoms with Crippen molar-refractivity contribution in [1.82, 2.24) is 0 Å². The predicted octanol–water partition coefficient (Wildman–Crippen LogP) is 16.5. The molecule has 0 radical (unpaired) electrons. The summed E-state index contributed by atoms with van der Waals surface area (Å²) in [6, 6.07) is 28.3. The minimum Gasteiger partial charge on any atom is -0.134 e. The van der Waals surface area contributed by atoms with Crippen molar-refractivity contribution in [2.45, 2.75) is 72.6 Å². The van der Waals surface area contributed by atoms with Gasteiger partial charge in [-0.25, -0.2) is 0 Å². The molecule has 7 aromatic rings. The Morgan fingerprint density at radius 1 is 0.286 bits per heavy atom. The molecule has 0 atom stereocenters. The molecule has 9 heterocycles. The van der Waals surface area contributed by atoms with E-state index in [1.165, 1.54) is 134 Å². The summed E-state index contributed by atoms with van der Waals surface area (Å²) >= 11 is 17.9. The highest BCUT2D eigenvalue weighted by Gasteiger charge is 2.18. The average molecular weight is 805 g/mol. The lowest BCUT2D eigenvalue weighted by atomic mass is 10.1. The van der Waals surface area contributed by atoms with E-state index in [2.05, 4.69) is 96.3 Å². The molecule has 0 spiro atoms. The van der Waals surface area contributed by atoms with E-state index in [-0.39, 0.29) is 0 Å². The summed E-state index contributed by atoms with van der Waals surface area (Å²) in [7, 11) is 0. The smallest absolute Gasteiger partial charge is 0.0637 e. The highest BCUT2D eigenvalue weighted by molar-refractivity contribution is 8.01. The molecule has 0 unspecified atom stereocenters. The molecule has 0 aliphatic carbocycles. The first-order chi connectivity index (χ1) is 24.2. The Bertz CT molecular complexity index is 1970. The molecule has 2 aliphatic rings. The first-order valence-corrected chi connectivity index (χ1v) is 24.9. The number of aryl methyl sites for hydroxylation is 2. The molecule has 0 saturated carbocycles. The van der Waals surface area contributed by atoms with Crippen LogP contribution in [0, 0.1) is 0 Å². The van der Waals surface area contributed by atoms with E-state index in [1.807, 2.05) is 79.4 Å². The monoisotopic (exact) mass is 804 g/mol. The van der Waals surface area contributed by atoms with Crippen LogP contribution in [0.4, 0.5) is 0 Å². The van der Waals surface area contributed by atoms with E-state index in [1.54, 1.807) is 19.5 Å². The van der Waals surface area contributed by atoms with Crippen molar-refractivity contribution in [3.8, 4) is 58.5 Å². The Hall–Kier alpha value is -1.40. The number of rotatable bonds is 6. The molecule has 2 aliphatic heterocycles. The fraction of sp³-hybridized carbons (Fsp3) is 0.300. The fourth-order valence-corrected chi connectivity index (χ4v) is 17.3. The Morgan fingerprint density at radius 2 is 0.571 bits per heavy atom. The zero-order chi connectivity index (χ0) is 32.6. The van der Waals surface area contributed by atoms with E-state index in [4.69, 9.17) is 0 Å². The molecule has 0 nitrogen and oxygen atoms in total. The van der Waals surface area contributed by atoms with E-state index < -0.39 is 0 Å². The third-order valence-corrected chi connectivity index (χ3v) is 21.0. The van der Waals surface area contributed by atoms with Gasteiger partial charge in [-0.1, -0.05) is 25.7 Å². The maximum Gasteiger partial charge on any atom is 0.0637 e. The molecule has 9 heteroatoms. The molecule has 0 amide bonds. The van der Waals surface area contributed by atoms with Crippen LogP contribution in [0.25, 0.3) is 58.5 Å². The lowest BCUT2D eigenvalue weighted by Gasteiger charge is -1.98. The van der Waals surface area contributed by atoms with E-state index >= 15 is 0 Å². The van der Waals surface area contributed by atoms with Gasteiger partial charge in [0, 0.05) is 58.5 Å². The average Bonchev–Trinajstić information content (AvgIpc) is 3.95. The van der Waals surface area contributed by atoms with Crippen molar-refractivity contribution in [1.29, 1.82) is 0 Å². The summed E-state index contributed by atoms with van der Waals surface area (Å²) in [6.07, 6.45) is 13.4. The molecule has 0 bridgehead atoms. The maximum absolute atomic E-state index is 2.49. The Labute approximate surface area is 326 Å². The number of thiophene rings is 7. The normalized spacial score (nSPS) is 15.8. The molecule has 0 N–H and O–H groups in total. The van der Waals surface area contributed by atoms with E-state index in [0.29, 0.717) is 0 Å². The summed E-state index contributed by atoms with van der Waals surface area (Å²) < 4.78 is 3.13. The summed E-state index contributed by atoms with van der Waals surface area (Å²) in [5.74, 6) is 2.54. The minimum atomic E-state index is 1.24. The highest BCUT2D eigenvalue weighted by atomic mass is 32.2. The number of hydrogen-bond acceptors (Lipinski definition) is 9. The predicted molar refractivity (Wildman–Crippen MR) is 230 cm³/mol. The molecule has 0 fully saturated rings. The van der Waals surface area contributed by atoms with E-state index in [0.717, 1.165) is 0 Å². The van der Waals surface area contributed by atoms with Gasteiger partial charge in [0.25, 0.3) is 0 Å². The van der Waals surface area contributed by atoms with Crippen molar-refractivity contribution >= 4 is 103 Å². The zero-order valence-corrected chi connectivity index (χ0v) is 34.4. The van der Waals surface area contributed by atoms with Crippen LogP contribution in [-0.4, -0.2) is 11.5 Å². The molecule has 7 aromatic heterocycles. The van der Waals surface area contributed by atoms with Crippen LogP contribution < -0.4 is 0 Å². The Balaban J connectivity index is 0.889. The standard InChI is InChI=1S/C40H36S9/c1-3-7-21-41-39-25(9-5-1)23-37(48-39)35-19-17-33(46-35)31-15-13-29(44-31)27-11-12-28(43-27)30-14-16-32(45-30)34-18-20-36(47-34)38-24-26-10-6-2-4-8-22-42-40(26)49-38/h11-20,23-24H,1-10,21-22H2. The first-order valence-electron chi connectivity index (χ1n) is 17.3. The zero-order valence-electron chi connectivity index (χ0n) is 27.1. The highest BCUT2D eigenvalue weighted by Crippen LogP contribution is 2.48. The van der Waals surface area contributed by atoms with Crippen molar-refractivity contribution in [3.63, 3.8) is 0 Å². The largest absolute Gasteiger partial charge is 0.134 e. The lowest BCUT2D eigenvalue weighted by molar-refractivity contribution is 0.672. The van der Waals surface area contributed by atoms with Crippen LogP contribution in [0.5, 0.6) is 0 Å². The maximum atomic E-state index is 2.49. The van der Waals surface area contributed by atoms with Crippen LogP contribution in [-0.2, 0) is 12.8 Å². The first kappa shape index (κ1) is 33.4. The number of hydrogen-bond donors (Lipinski definition) is 0. The van der Waals surface area contributed by atoms with Gasteiger partial charge < -0.3 is 0 Å². The Morgan fingerprint density at radius 3 is 0.898 bits per heavy atom. The van der Waals surface area contributed by atoms with Gasteiger partial charge in [-0.2, -0.15) is 0 Å². The van der Waals surface area contributed by atoms with Crippen molar-refractivity contribution < 1.29 is 0 Å². The van der Waals surface area contributed by atoms with Gasteiger partial charge in [0.2, 0.25) is 0 Å². The van der Waals surface area contributed by atoms with Gasteiger partial charge >= 0.3 is 0 Å². The molecule has 49 heavy (non-hydrogen) atoms. The molecule has 250 valence electrons. The van der Waals surface area contributed by atoms with Gasteiger partial charge in [-0.05, 0) is 134 Å². The van der Waals surface area contributed by atoms with Gasteiger partial charge in [0.05, 0.1) is 8.42 Å². The summed E-state index contributed by atoms with van der Waals surface area (Å²) in [6.45, 7) is 0. The topological polar surface area (TPSA) is 0 Å². The quantitative estimate of drug-likeness (QED) is 0.164. The number of fused-ring (bicyclic) bond motifs is 2. The van der Waals surface area contributed by atoms with Crippen molar-refractivity contribution in [3.05, 3.63) is 83.9 Å². The number of thioether (sulfide) groups is 2. The van der Waals surface area contributed by atoms with E-state index in [9.17, 15) is 0 Å². The van der Waals surface area contributed by atoms with Crippen LogP contribution in [0.2, 0.25) is 0 Å². The third kappa shape index (κ3) is 7.44. The SMILES string of the molecule is c1cc(-c2ccc(-c3ccc(-c4cc5c(s4)SCCCCCC5)s3)s2)sc1-c1ccc(-c2ccc(-c3cc4c(s3)SCCCCCC4)s2)s1. The second-order valence-corrected chi connectivity index (χ2v) is 22.9. The summed E-state index contributed by atoms with van der Waals surface area (Å²) in [4.78, 5) is 16.7. The van der Waals surface area contributed by atoms with Gasteiger partial charge in [-0.15, -0.1) is 103 Å². The molecule has 9 rings (SSSR count). The Kier molecular flexibility index (Phi) is 10.4. The molecular weight excluding hydrogens is 769 g/mol. The van der Waals surface area contributed by atoms with Crippen LogP contribution in [0.1, 0.15) is 62.5 Å². The van der Waals surface area contributed by atoms with Crippen molar-refractivity contribution in [2.75, 3.05) is 11.5 Å². The van der Waals surface area contributed by atoms with Crippen LogP contribution >= 0.6 is 103 Å². The third-order valence-electron chi connectivity index (χ3n) is 9.17. The van der Waals surface area contributed by atoms with Crippen molar-refractivity contribution in [2.24, 2.45) is 0 Å². The second-order valence-electron chi connectivity index (χ2n) is 12.7. The molecule has 0 aromatic carbocycles. The second kappa shape index (κ2) is 15.3. The van der Waals surface area contributed by atoms with Crippen LogP contribution in [0.3, 0.4) is 0 Å². The fourth-order valence-electron chi connectivity index (χ4n) is 6.55. The summed E-state index contributed by atoms with van der Waals surface area (Å²) in [5.41, 5.74) is 3.17. The lowest BCUT2D eigenvalue weighted by Crippen LogP contribution is -1.82. The van der Waals surface area contributed by atoms with Gasteiger partial charge in [0.15, 0.2) is 0 Å².